The zero-order valence-electron chi connectivity index (χ0n) is 42.3. The molecule has 2 spiro atoms. The Morgan fingerprint density at radius 1 is 0.382 bits per heavy atom. The molecule has 16 rings (SSSR count). The van der Waals surface area contributed by atoms with Gasteiger partial charge in [0, 0.05) is 27.4 Å². The van der Waals surface area contributed by atoms with Gasteiger partial charge in [-0.1, -0.05) is 214 Å². The fourth-order valence-corrected chi connectivity index (χ4v) is 15.0. The number of fused-ring (bicyclic) bond motifs is 22. The van der Waals surface area contributed by atoms with Crippen LogP contribution < -0.4 is 0 Å². The van der Waals surface area contributed by atoms with E-state index in [0.29, 0.717) is 11.6 Å². The van der Waals surface area contributed by atoms with E-state index in [1.54, 1.807) is 6.33 Å². The molecule has 0 fully saturated rings. The van der Waals surface area contributed by atoms with Gasteiger partial charge < -0.3 is 4.57 Å². The first-order chi connectivity index (χ1) is 37.6. The highest BCUT2D eigenvalue weighted by Gasteiger charge is 2.59. The molecule has 0 amide bonds. The summed E-state index contributed by atoms with van der Waals surface area (Å²) in [6.07, 6.45) is 7.89. The summed E-state index contributed by atoms with van der Waals surface area (Å²) in [6, 6.07) is 84.2. The predicted molar refractivity (Wildman–Crippen MR) is 310 cm³/mol. The van der Waals surface area contributed by atoms with Crippen molar-refractivity contribution in [3.63, 3.8) is 0 Å². The van der Waals surface area contributed by atoms with E-state index in [4.69, 9.17) is 15.0 Å². The molecule has 358 valence electrons. The number of rotatable bonds is 6. The first-order valence-corrected chi connectivity index (χ1v) is 26.9. The first kappa shape index (κ1) is 43.2. The third kappa shape index (κ3) is 5.45. The lowest BCUT2D eigenvalue weighted by Crippen LogP contribution is -2.43. The van der Waals surface area contributed by atoms with Gasteiger partial charge in [0.05, 0.1) is 21.9 Å². The van der Waals surface area contributed by atoms with Gasteiger partial charge in [-0.05, 0) is 144 Å². The first-order valence-electron chi connectivity index (χ1n) is 26.9. The molecule has 0 bridgehead atoms. The number of para-hydroxylation sites is 2. The van der Waals surface area contributed by atoms with Crippen LogP contribution in [0.2, 0.25) is 0 Å². The zero-order valence-corrected chi connectivity index (χ0v) is 42.3. The van der Waals surface area contributed by atoms with Gasteiger partial charge in [-0.2, -0.15) is 0 Å². The number of benzene rings is 10. The van der Waals surface area contributed by atoms with Gasteiger partial charge in [-0.15, -0.1) is 0 Å². The topological polar surface area (TPSA) is 43.6 Å². The van der Waals surface area contributed by atoms with Crippen molar-refractivity contribution >= 4 is 34.0 Å². The van der Waals surface area contributed by atoms with Crippen molar-refractivity contribution in [2.24, 2.45) is 0 Å². The van der Waals surface area contributed by atoms with Gasteiger partial charge in [-0.25, -0.2) is 15.0 Å². The van der Waals surface area contributed by atoms with Crippen molar-refractivity contribution in [1.29, 1.82) is 0 Å². The van der Waals surface area contributed by atoms with Crippen molar-refractivity contribution in [1.82, 2.24) is 19.5 Å². The summed E-state index contributed by atoms with van der Waals surface area (Å²) in [4.78, 5) is 14.9. The Hall–Kier alpha value is -9.25. The molecule has 0 radical (unpaired) electrons. The van der Waals surface area contributed by atoms with E-state index in [1.807, 2.05) is 0 Å². The lowest BCUT2D eigenvalue weighted by atomic mass is 9.52. The highest BCUT2D eigenvalue weighted by atomic mass is 15.0. The van der Waals surface area contributed by atoms with Crippen molar-refractivity contribution in [3.8, 4) is 50.5 Å². The number of nitrogens with zero attached hydrogens (tertiary/aromatic N) is 4. The number of hydrogen-bond donors (Lipinski definition) is 0. The molecule has 4 aliphatic rings. The Bertz CT molecular complexity index is 4330. The maximum absolute atomic E-state index is 5.25. The summed E-state index contributed by atoms with van der Waals surface area (Å²) in [6.45, 7) is 4.70. The molecular formula is C72H50N4. The quantitative estimate of drug-likeness (QED) is 0.167. The number of hydrogen-bond acceptors (Lipinski definition) is 3. The van der Waals surface area contributed by atoms with Crippen LogP contribution in [-0.4, -0.2) is 19.5 Å². The third-order valence-electron chi connectivity index (χ3n) is 18.2. The fraction of sp³-hybridized carbons (Fsp3) is 0.0972. The van der Waals surface area contributed by atoms with Crippen LogP contribution >= 0.6 is 0 Å². The fourth-order valence-electron chi connectivity index (χ4n) is 15.0. The van der Waals surface area contributed by atoms with Crippen LogP contribution in [-0.2, 0) is 16.2 Å². The molecule has 0 unspecified atom stereocenters. The second-order valence-corrected chi connectivity index (χ2v) is 21.2. The monoisotopic (exact) mass is 970 g/mol. The van der Waals surface area contributed by atoms with Gasteiger partial charge in [0.15, 0.2) is 11.6 Å². The van der Waals surface area contributed by atoms with Crippen LogP contribution in [0, 0.1) is 0 Å². The summed E-state index contributed by atoms with van der Waals surface area (Å²) < 4.78 is 2.44. The smallest absolute Gasteiger partial charge is 0.163 e. The van der Waals surface area contributed by atoms with Crippen LogP contribution in [0.1, 0.15) is 93.7 Å². The standard InChI is InChI=1S/C72H50N4/c1-3-70(4-2)63-41-45(33-37-52(63)53-38-36-47(43-64(53)70)76-66-31-17-9-23-54(66)55-24-10-18-32-67(55)76)34-40-68-73-44-74-69(75-68)46-35-39-62-65(42-46)72(58-27-13-7-21-50(58)51-22-8-14-28-59(51)72)61-30-16-15-29-60(61)71(62)56-25-11-5-19-48(56)49-20-6-12-26-57(49)71/h5-44H,3-4H2,1-2H3/b40-34+. The minimum atomic E-state index is -0.603. The normalized spacial score (nSPS) is 15.1. The minimum Gasteiger partial charge on any atom is -0.309 e. The molecule has 10 aromatic carbocycles. The number of aromatic nitrogens is 4. The Morgan fingerprint density at radius 3 is 1.41 bits per heavy atom. The van der Waals surface area contributed by atoms with Gasteiger partial charge in [0.25, 0.3) is 0 Å². The van der Waals surface area contributed by atoms with Crippen LogP contribution in [0.15, 0.2) is 231 Å². The van der Waals surface area contributed by atoms with Crippen LogP contribution in [0.4, 0.5) is 0 Å². The molecule has 2 heterocycles. The third-order valence-corrected chi connectivity index (χ3v) is 18.2. The summed E-state index contributed by atoms with van der Waals surface area (Å²) in [5.74, 6) is 1.26. The van der Waals surface area contributed by atoms with Gasteiger partial charge in [0.1, 0.15) is 6.33 Å². The van der Waals surface area contributed by atoms with Crippen LogP contribution in [0.25, 0.3) is 84.4 Å². The Morgan fingerprint density at radius 2 is 0.842 bits per heavy atom. The van der Waals surface area contributed by atoms with Gasteiger partial charge >= 0.3 is 0 Å². The predicted octanol–water partition coefficient (Wildman–Crippen LogP) is 16.9. The van der Waals surface area contributed by atoms with E-state index >= 15 is 0 Å². The molecule has 4 aliphatic carbocycles. The molecular weight excluding hydrogens is 921 g/mol. The Labute approximate surface area is 442 Å². The average Bonchev–Trinajstić information content (AvgIpc) is 4.22. The molecule has 0 saturated heterocycles. The van der Waals surface area contributed by atoms with Crippen LogP contribution in [0.5, 0.6) is 0 Å². The van der Waals surface area contributed by atoms with E-state index in [0.717, 1.165) is 24.0 Å². The van der Waals surface area contributed by atoms with Crippen molar-refractivity contribution in [2.75, 3.05) is 0 Å². The molecule has 0 aliphatic heterocycles. The Kier molecular flexibility index (Phi) is 9.02. The summed E-state index contributed by atoms with van der Waals surface area (Å²) in [5, 5.41) is 2.55. The van der Waals surface area contributed by atoms with Crippen molar-refractivity contribution < 1.29 is 0 Å². The maximum atomic E-state index is 5.25. The van der Waals surface area contributed by atoms with E-state index in [2.05, 4.69) is 255 Å². The Balaban J connectivity index is 0.820. The minimum absolute atomic E-state index is 0.129. The average molecular weight is 971 g/mol. The van der Waals surface area contributed by atoms with Gasteiger partial charge in [-0.3, -0.25) is 0 Å². The van der Waals surface area contributed by atoms with Gasteiger partial charge in [0.2, 0.25) is 0 Å². The van der Waals surface area contributed by atoms with E-state index < -0.39 is 10.8 Å². The summed E-state index contributed by atoms with van der Waals surface area (Å²) in [5.41, 5.74) is 25.4. The highest BCUT2D eigenvalue weighted by Crippen LogP contribution is 2.67. The lowest BCUT2D eigenvalue weighted by Gasteiger charge is -2.49. The molecule has 0 atom stereocenters. The van der Waals surface area contributed by atoms with E-state index in [9.17, 15) is 0 Å². The zero-order chi connectivity index (χ0) is 50.3. The van der Waals surface area contributed by atoms with Crippen molar-refractivity contribution in [3.05, 3.63) is 298 Å². The largest absolute Gasteiger partial charge is 0.309 e. The maximum Gasteiger partial charge on any atom is 0.163 e. The second-order valence-electron chi connectivity index (χ2n) is 21.2. The molecule has 4 heteroatoms. The molecule has 2 aromatic heterocycles. The molecule has 12 aromatic rings. The summed E-state index contributed by atoms with van der Waals surface area (Å²) in [7, 11) is 0. The van der Waals surface area contributed by atoms with Crippen LogP contribution in [0.3, 0.4) is 0 Å². The second kappa shape index (κ2) is 15.9. The molecule has 0 saturated carbocycles. The van der Waals surface area contributed by atoms with E-state index in [1.165, 1.54) is 117 Å². The molecule has 4 nitrogen and oxygen atoms in total. The highest BCUT2D eigenvalue weighted by molar-refractivity contribution is 6.09. The lowest BCUT2D eigenvalue weighted by molar-refractivity contribution is 0.490. The molecule has 76 heavy (non-hydrogen) atoms. The molecule has 0 N–H and O–H groups in total. The SMILES string of the molecule is CCC1(CC)c2cc(/C=C/c3ncnc(-c4ccc5c(c4)C4(c6ccccc6-c6ccccc64)c4ccccc4C54c5ccccc5-c5ccccc54)n3)ccc2-c2ccc(-n3c4ccccc4c4ccccc43)cc21. The van der Waals surface area contributed by atoms with E-state index in [-0.39, 0.29) is 5.41 Å². The summed E-state index contributed by atoms with van der Waals surface area (Å²) >= 11 is 0. The van der Waals surface area contributed by atoms with Crippen molar-refractivity contribution in [2.45, 2.75) is 42.9 Å².